The number of rotatable bonds is 8. The number of nitrogens with zero attached hydrogens (tertiary/aromatic N) is 1. The molecule has 4 N–H and O–H groups in total. The Morgan fingerprint density at radius 1 is 1.40 bits per heavy atom. The van der Waals surface area contributed by atoms with Crippen LogP contribution in [0.3, 0.4) is 0 Å². The van der Waals surface area contributed by atoms with E-state index in [2.05, 4.69) is 12.2 Å². The van der Waals surface area contributed by atoms with Crippen molar-refractivity contribution < 1.29 is 9.84 Å². The number of nitrogens with two attached hydrogens (primary N) is 1. The third-order valence-electron chi connectivity index (χ3n) is 2.84. The van der Waals surface area contributed by atoms with Crippen molar-refractivity contribution in [3.05, 3.63) is 18.2 Å². The van der Waals surface area contributed by atoms with Crippen LogP contribution in [0, 0.1) is 0 Å². The summed E-state index contributed by atoms with van der Waals surface area (Å²) in [6.45, 7) is 5.49. The van der Waals surface area contributed by atoms with Crippen molar-refractivity contribution in [2.45, 2.75) is 25.9 Å². The highest BCUT2D eigenvalue weighted by Crippen LogP contribution is 2.29. The van der Waals surface area contributed by atoms with E-state index in [1.807, 2.05) is 37.2 Å². The SMILES string of the molecule is CCCOc1cccc(NCC(C)(O)CN(C)C)c1N. The van der Waals surface area contributed by atoms with Crippen LogP contribution < -0.4 is 15.8 Å². The zero-order valence-corrected chi connectivity index (χ0v) is 12.9. The van der Waals surface area contributed by atoms with Gasteiger partial charge in [0.15, 0.2) is 0 Å². The Hall–Kier alpha value is -1.46. The lowest BCUT2D eigenvalue weighted by atomic mass is 10.1. The number of ether oxygens (including phenoxy) is 1. The molecule has 0 aromatic heterocycles. The van der Waals surface area contributed by atoms with Crippen LogP contribution in [0.1, 0.15) is 20.3 Å². The van der Waals surface area contributed by atoms with E-state index in [9.17, 15) is 5.11 Å². The van der Waals surface area contributed by atoms with Gasteiger partial charge in [0.2, 0.25) is 0 Å². The molecular weight excluding hydrogens is 254 g/mol. The number of hydrogen-bond donors (Lipinski definition) is 3. The fourth-order valence-electron chi connectivity index (χ4n) is 2.06. The summed E-state index contributed by atoms with van der Waals surface area (Å²) in [7, 11) is 3.87. The van der Waals surface area contributed by atoms with Crippen molar-refractivity contribution in [1.82, 2.24) is 4.90 Å². The molecule has 0 aliphatic rings. The zero-order chi connectivity index (χ0) is 15.2. The topological polar surface area (TPSA) is 70.8 Å². The molecule has 0 aliphatic heterocycles. The lowest BCUT2D eigenvalue weighted by Gasteiger charge is -2.28. The van der Waals surface area contributed by atoms with E-state index in [1.54, 1.807) is 6.92 Å². The molecule has 1 aromatic rings. The number of para-hydroxylation sites is 1. The van der Waals surface area contributed by atoms with Crippen molar-refractivity contribution in [2.24, 2.45) is 0 Å². The summed E-state index contributed by atoms with van der Waals surface area (Å²) in [5.74, 6) is 0.684. The standard InChI is InChI=1S/C15H27N3O2/c1-5-9-20-13-8-6-7-12(14(13)16)17-10-15(2,19)11-18(3)4/h6-8,17,19H,5,9-11,16H2,1-4H3. The fourth-order valence-corrected chi connectivity index (χ4v) is 2.06. The predicted molar refractivity (Wildman–Crippen MR) is 84.3 cm³/mol. The molecule has 20 heavy (non-hydrogen) atoms. The normalized spacial score (nSPS) is 14.1. The van der Waals surface area contributed by atoms with Crippen molar-refractivity contribution in [1.29, 1.82) is 0 Å². The number of likely N-dealkylation sites (N-methyl/N-ethyl adjacent to an activating group) is 1. The Kier molecular flexibility index (Phi) is 6.10. The molecule has 0 amide bonds. The third-order valence-corrected chi connectivity index (χ3v) is 2.84. The van der Waals surface area contributed by atoms with Crippen LogP contribution in [0.25, 0.3) is 0 Å². The summed E-state index contributed by atoms with van der Waals surface area (Å²) in [4.78, 5) is 1.95. The van der Waals surface area contributed by atoms with E-state index in [-0.39, 0.29) is 0 Å². The Morgan fingerprint density at radius 3 is 2.70 bits per heavy atom. The van der Waals surface area contributed by atoms with Crippen molar-refractivity contribution in [2.75, 3.05) is 44.8 Å². The monoisotopic (exact) mass is 281 g/mol. The van der Waals surface area contributed by atoms with Gasteiger partial charge in [0.1, 0.15) is 5.75 Å². The zero-order valence-electron chi connectivity index (χ0n) is 12.9. The fraction of sp³-hybridized carbons (Fsp3) is 0.600. The summed E-state index contributed by atoms with van der Waals surface area (Å²) in [5.41, 5.74) is 6.63. The molecule has 1 aromatic carbocycles. The Bertz CT molecular complexity index is 420. The van der Waals surface area contributed by atoms with E-state index < -0.39 is 5.60 Å². The van der Waals surface area contributed by atoms with Gasteiger partial charge in [-0.2, -0.15) is 0 Å². The van der Waals surface area contributed by atoms with Gasteiger partial charge >= 0.3 is 0 Å². The van der Waals surface area contributed by atoms with Crippen molar-refractivity contribution >= 4 is 11.4 Å². The highest BCUT2D eigenvalue weighted by atomic mass is 16.5. The largest absolute Gasteiger partial charge is 0.491 e. The van der Waals surface area contributed by atoms with E-state index in [0.29, 0.717) is 31.1 Å². The molecule has 0 heterocycles. The van der Waals surface area contributed by atoms with Crippen molar-refractivity contribution in [3.8, 4) is 5.75 Å². The lowest BCUT2D eigenvalue weighted by Crippen LogP contribution is -2.43. The molecule has 114 valence electrons. The van der Waals surface area contributed by atoms with E-state index in [4.69, 9.17) is 10.5 Å². The van der Waals surface area contributed by atoms with Gasteiger partial charge in [-0.25, -0.2) is 0 Å². The number of aliphatic hydroxyl groups is 1. The Balaban J connectivity index is 2.68. The minimum Gasteiger partial charge on any atom is -0.491 e. The number of hydrogen-bond acceptors (Lipinski definition) is 5. The van der Waals surface area contributed by atoms with Crippen LogP contribution in [0.15, 0.2) is 18.2 Å². The highest BCUT2D eigenvalue weighted by molar-refractivity contribution is 5.73. The molecule has 0 saturated carbocycles. The van der Waals surface area contributed by atoms with Gasteiger partial charge in [-0.15, -0.1) is 0 Å². The maximum Gasteiger partial charge on any atom is 0.144 e. The summed E-state index contributed by atoms with van der Waals surface area (Å²) < 4.78 is 5.59. The maximum absolute atomic E-state index is 10.3. The second-order valence-electron chi connectivity index (χ2n) is 5.65. The highest BCUT2D eigenvalue weighted by Gasteiger charge is 2.21. The second kappa shape index (κ2) is 7.36. The first-order valence-electron chi connectivity index (χ1n) is 6.98. The molecule has 1 unspecified atom stereocenters. The lowest BCUT2D eigenvalue weighted by molar-refractivity contribution is 0.0460. The van der Waals surface area contributed by atoms with Crippen LogP contribution >= 0.6 is 0 Å². The number of benzene rings is 1. The first kappa shape index (κ1) is 16.6. The summed E-state index contributed by atoms with van der Waals surface area (Å²) >= 11 is 0. The molecule has 1 rings (SSSR count). The molecule has 0 radical (unpaired) electrons. The average molecular weight is 281 g/mol. The minimum atomic E-state index is -0.823. The summed E-state index contributed by atoms with van der Waals surface area (Å²) in [6, 6.07) is 5.64. The smallest absolute Gasteiger partial charge is 0.144 e. The molecular formula is C15H27N3O2. The molecule has 5 heteroatoms. The molecule has 5 nitrogen and oxygen atoms in total. The van der Waals surface area contributed by atoms with Crippen LogP contribution in [0.2, 0.25) is 0 Å². The number of anilines is 2. The number of nitrogens with one attached hydrogen (secondary N) is 1. The molecule has 0 spiro atoms. The van der Waals surface area contributed by atoms with Gasteiger partial charge in [-0.1, -0.05) is 13.0 Å². The van der Waals surface area contributed by atoms with Gasteiger partial charge in [0.05, 0.1) is 23.6 Å². The van der Waals surface area contributed by atoms with Crippen molar-refractivity contribution in [3.63, 3.8) is 0 Å². The van der Waals surface area contributed by atoms with Crippen LogP contribution in [-0.4, -0.2) is 49.4 Å². The summed E-state index contributed by atoms with van der Waals surface area (Å²) in [5, 5.41) is 13.5. The van der Waals surface area contributed by atoms with Crippen LogP contribution in [0.4, 0.5) is 11.4 Å². The van der Waals surface area contributed by atoms with Crippen LogP contribution in [0.5, 0.6) is 5.75 Å². The predicted octanol–water partition coefficient (Wildman–Crippen LogP) is 1.78. The van der Waals surface area contributed by atoms with E-state index in [0.717, 1.165) is 12.1 Å². The first-order chi connectivity index (χ1) is 9.35. The Morgan fingerprint density at radius 2 is 2.10 bits per heavy atom. The molecule has 0 fully saturated rings. The number of nitrogen functional groups attached to an aromatic ring is 1. The van der Waals surface area contributed by atoms with Gasteiger partial charge in [-0.05, 0) is 39.6 Å². The van der Waals surface area contributed by atoms with E-state index >= 15 is 0 Å². The molecule has 0 bridgehead atoms. The quantitative estimate of drug-likeness (QED) is 0.634. The van der Waals surface area contributed by atoms with Gasteiger partial charge in [0, 0.05) is 13.1 Å². The Labute approximate surface area is 121 Å². The van der Waals surface area contributed by atoms with E-state index in [1.165, 1.54) is 0 Å². The van der Waals surface area contributed by atoms with Gasteiger partial charge in [0.25, 0.3) is 0 Å². The average Bonchev–Trinajstić information content (AvgIpc) is 2.34. The first-order valence-corrected chi connectivity index (χ1v) is 6.98. The summed E-state index contributed by atoms with van der Waals surface area (Å²) in [6.07, 6.45) is 0.939. The molecule has 0 saturated heterocycles. The maximum atomic E-state index is 10.3. The van der Waals surface area contributed by atoms with Crippen LogP contribution in [-0.2, 0) is 0 Å². The molecule has 0 aliphatic carbocycles. The second-order valence-corrected chi connectivity index (χ2v) is 5.65. The van der Waals surface area contributed by atoms with Gasteiger partial charge < -0.3 is 25.8 Å². The minimum absolute atomic E-state index is 0.423. The van der Waals surface area contributed by atoms with Gasteiger partial charge in [-0.3, -0.25) is 0 Å². The molecule has 1 atom stereocenters. The third kappa shape index (κ3) is 5.27.